The highest BCUT2D eigenvalue weighted by atomic mass is 32.1. The Labute approximate surface area is 333 Å². The van der Waals surface area contributed by atoms with Crippen molar-refractivity contribution in [3.8, 4) is 27.4 Å². The van der Waals surface area contributed by atoms with Gasteiger partial charge in [0.15, 0.2) is 0 Å². The van der Waals surface area contributed by atoms with Crippen molar-refractivity contribution in [2.75, 3.05) is 4.90 Å². The number of fused-ring (bicyclic) bond motifs is 10. The molecule has 0 amide bonds. The van der Waals surface area contributed by atoms with Gasteiger partial charge in [-0.15, -0.1) is 11.3 Å². The van der Waals surface area contributed by atoms with E-state index in [0.717, 1.165) is 6.42 Å². The van der Waals surface area contributed by atoms with Crippen molar-refractivity contribution in [3.05, 3.63) is 197 Å². The predicted molar refractivity (Wildman–Crippen MR) is 238 cm³/mol. The van der Waals surface area contributed by atoms with E-state index in [1.165, 1.54) is 93.3 Å². The van der Waals surface area contributed by atoms with Crippen LogP contribution in [-0.2, 0) is 5.41 Å². The van der Waals surface area contributed by atoms with E-state index in [4.69, 9.17) is 0 Å². The van der Waals surface area contributed by atoms with E-state index in [-0.39, 0.29) is 17.3 Å². The summed E-state index contributed by atoms with van der Waals surface area (Å²) in [5.74, 6) is 1.01. The van der Waals surface area contributed by atoms with Crippen molar-refractivity contribution in [3.63, 3.8) is 0 Å². The number of para-hydroxylation sites is 2. The highest BCUT2D eigenvalue weighted by Crippen LogP contribution is 2.58. The summed E-state index contributed by atoms with van der Waals surface area (Å²) in [5, 5.41) is 2.72. The zero-order chi connectivity index (χ0) is 37.7. The van der Waals surface area contributed by atoms with Crippen molar-refractivity contribution in [2.24, 2.45) is 5.92 Å². The molecule has 3 aliphatic rings. The maximum atomic E-state index is 2.53. The van der Waals surface area contributed by atoms with E-state index in [2.05, 4.69) is 201 Å². The lowest BCUT2D eigenvalue weighted by Gasteiger charge is -2.33. The number of hydrogen-bond donors (Lipinski definition) is 0. The van der Waals surface area contributed by atoms with Gasteiger partial charge in [0.1, 0.15) is 0 Å². The van der Waals surface area contributed by atoms with Gasteiger partial charge in [-0.25, -0.2) is 0 Å². The number of benzene rings is 6. The number of hydrogen-bond acceptors (Lipinski definition) is 2. The molecule has 0 saturated carbocycles. The summed E-state index contributed by atoms with van der Waals surface area (Å²) in [6, 6.07) is 54.7. The van der Waals surface area contributed by atoms with Gasteiger partial charge in [0.2, 0.25) is 0 Å². The molecule has 2 aromatic heterocycles. The fourth-order valence-corrected chi connectivity index (χ4v) is 11.6. The molecule has 0 radical (unpaired) electrons. The molecule has 56 heavy (non-hydrogen) atoms. The van der Waals surface area contributed by atoms with Gasteiger partial charge in [-0.05, 0) is 117 Å². The first kappa shape index (κ1) is 33.4. The van der Waals surface area contributed by atoms with Crippen LogP contribution < -0.4 is 4.90 Å². The van der Waals surface area contributed by atoms with Gasteiger partial charge < -0.3 is 9.47 Å². The molecule has 0 N–H and O–H groups in total. The molecule has 0 bridgehead atoms. The van der Waals surface area contributed by atoms with Crippen molar-refractivity contribution in [2.45, 2.75) is 51.4 Å². The van der Waals surface area contributed by atoms with Crippen LogP contribution in [-0.4, -0.2) is 4.57 Å². The summed E-state index contributed by atoms with van der Waals surface area (Å²) in [6.45, 7) is 9.51. The van der Waals surface area contributed by atoms with Crippen molar-refractivity contribution < 1.29 is 0 Å². The largest absolute Gasteiger partial charge is 0.311 e. The molecule has 3 aliphatic carbocycles. The summed E-state index contributed by atoms with van der Waals surface area (Å²) in [6.07, 6.45) is 8.14. The van der Waals surface area contributed by atoms with E-state index in [1.54, 1.807) is 0 Å². The Morgan fingerprint density at radius 1 is 0.661 bits per heavy atom. The zero-order valence-corrected chi connectivity index (χ0v) is 33.1. The van der Waals surface area contributed by atoms with E-state index in [0.29, 0.717) is 5.92 Å². The van der Waals surface area contributed by atoms with Crippen LogP contribution in [0.15, 0.2) is 170 Å². The van der Waals surface area contributed by atoms with Gasteiger partial charge in [-0.1, -0.05) is 137 Å². The fraction of sp³-hybridized carbons (Fsp3) is 0.170. The monoisotopic (exact) mass is 740 g/mol. The summed E-state index contributed by atoms with van der Waals surface area (Å²) in [7, 11) is 0. The van der Waals surface area contributed by atoms with Crippen LogP contribution in [0.2, 0.25) is 0 Å². The molecule has 0 fully saturated rings. The van der Waals surface area contributed by atoms with Crippen molar-refractivity contribution in [1.29, 1.82) is 0 Å². The number of thiophene rings is 1. The third-order valence-corrected chi connectivity index (χ3v) is 14.1. The number of anilines is 2. The molecule has 3 unspecified atom stereocenters. The molecule has 11 rings (SSSR count). The van der Waals surface area contributed by atoms with E-state index >= 15 is 0 Å². The molecule has 6 aromatic carbocycles. The normalized spacial score (nSPS) is 19.0. The third-order valence-electron chi connectivity index (χ3n) is 12.9. The first-order chi connectivity index (χ1) is 27.4. The Kier molecular flexibility index (Phi) is 7.50. The Hall–Kier alpha value is -5.90. The van der Waals surface area contributed by atoms with Crippen LogP contribution in [0.25, 0.3) is 48.4 Å². The topological polar surface area (TPSA) is 8.17 Å². The zero-order valence-electron chi connectivity index (χ0n) is 32.3. The van der Waals surface area contributed by atoms with Gasteiger partial charge in [0, 0.05) is 44.2 Å². The smallest absolute Gasteiger partial charge is 0.0682 e. The molecular formula is C53H44N2S. The van der Waals surface area contributed by atoms with Gasteiger partial charge in [0.25, 0.3) is 0 Å². The molecule has 0 spiro atoms. The van der Waals surface area contributed by atoms with E-state index in [1.807, 2.05) is 11.3 Å². The molecule has 8 aromatic rings. The highest BCUT2D eigenvalue weighted by Gasteiger charge is 2.40. The average molecular weight is 741 g/mol. The second kappa shape index (κ2) is 12.6. The molecule has 3 heteroatoms. The lowest BCUT2D eigenvalue weighted by Crippen LogP contribution is -2.20. The predicted octanol–water partition coefficient (Wildman–Crippen LogP) is 14.7. The minimum atomic E-state index is -0.0683. The van der Waals surface area contributed by atoms with Crippen molar-refractivity contribution >= 4 is 43.7 Å². The Bertz CT molecular complexity index is 2900. The second-order valence-electron chi connectivity index (χ2n) is 16.6. The van der Waals surface area contributed by atoms with Crippen LogP contribution in [0.1, 0.15) is 73.8 Å². The molecule has 0 aliphatic heterocycles. The molecule has 272 valence electrons. The van der Waals surface area contributed by atoms with Crippen molar-refractivity contribution in [1.82, 2.24) is 4.57 Å². The van der Waals surface area contributed by atoms with Gasteiger partial charge in [0.05, 0.1) is 16.1 Å². The van der Waals surface area contributed by atoms with Gasteiger partial charge in [-0.3, -0.25) is 0 Å². The van der Waals surface area contributed by atoms with Gasteiger partial charge in [-0.2, -0.15) is 0 Å². The maximum absolute atomic E-state index is 2.53. The molecule has 0 saturated heterocycles. The Morgan fingerprint density at radius 3 is 2.16 bits per heavy atom. The fourth-order valence-electron chi connectivity index (χ4n) is 10.2. The van der Waals surface area contributed by atoms with E-state index < -0.39 is 0 Å². The van der Waals surface area contributed by atoms with Crippen LogP contribution >= 0.6 is 11.3 Å². The van der Waals surface area contributed by atoms with Crippen LogP contribution in [0, 0.1) is 5.92 Å². The lowest BCUT2D eigenvalue weighted by atomic mass is 9.72. The summed E-state index contributed by atoms with van der Waals surface area (Å²) in [5.41, 5.74) is 17.1. The van der Waals surface area contributed by atoms with Crippen LogP contribution in [0.4, 0.5) is 11.4 Å². The Balaban J connectivity index is 1.08. The minimum Gasteiger partial charge on any atom is -0.311 e. The quantitative estimate of drug-likeness (QED) is 0.171. The second-order valence-corrected chi connectivity index (χ2v) is 17.6. The van der Waals surface area contributed by atoms with E-state index in [9.17, 15) is 0 Å². The standard InChI is InChI=1S/C53H44N2S/c1-33-22-26-37(27-23-33)54(39-30-31-41-40-16-8-11-19-44(40)53(3,4)45(41)32-39)38-28-24-35(25-29-38)48-34(2)49-43-18-10-13-21-47(43)56-52(49)51-50(48)42-17-9-12-20-46(42)55(51)36-14-6-5-7-15-36/h5-22,24-34,48H,23H2,1-4H3. The molecular weight excluding hydrogens is 697 g/mol. The number of rotatable bonds is 5. The first-order valence-electron chi connectivity index (χ1n) is 20.1. The summed E-state index contributed by atoms with van der Waals surface area (Å²) in [4.78, 5) is 3.88. The molecule has 2 heterocycles. The average Bonchev–Trinajstić information content (AvgIpc) is 3.86. The third kappa shape index (κ3) is 4.86. The maximum Gasteiger partial charge on any atom is 0.0682 e. The van der Waals surface area contributed by atoms with Gasteiger partial charge >= 0.3 is 0 Å². The number of nitrogens with zero attached hydrogens (tertiary/aromatic N) is 2. The summed E-state index contributed by atoms with van der Waals surface area (Å²) < 4.78 is 3.89. The first-order valence-corrected chi connectivity index (χ1v) is 20.9. The number of allylic oxidation sites excluding steroid dienone is 3. The van der Waals surface area contributed by atoms with Crippen LogP contribution in [0.5, 0.6) is 0 Å². The highest BCUT2D eigenvalue weighted by molar-refractivity contribution is 7.22. The Morgan fingerprint density at radius 2 is 1.36 bits per heavy atom. The summed E-state index contributed by atoms with van der Waals surface area (Å²) >= 11 is 1.95. The molecule has 3 atom stereocenters. The van der Waals surface area contributed by atoms with Crippen LogP contribution in [0.3, 0.4) is 0 Å². The minimum absolute atomic E-state index is 0.0683. The molecule has 2 nitrogen and oxygen atoms in total. The SMILES string of the molecule is CC1C=CC(N(c2ccc(C3c4c(n(-c5ccccc5)c5ccccc45)-c4sc5ccccc5c4C3C)cc2)c2ccc3c(c2)C(C)(C)c2ccccc2-3)=CC1. The lowest BCUT2D eigenvalue weighted by molar-refractivity contribution is 0.658. The number of aromatic nitrogens is 1.